The molecular formula is C8H18O2. The average molecular weight is 146 g/mol. The summed E-state index contributed by atoms with van der Waals surface area (Å²) in [6.45, 7) is 7.61. The third-order valence-electron chi connectivity index (χ3n) is 0.742. The van der Waals surface area contributed by atoms with E-state index in [9.17, 15) is 0 Å². The molecule has 0 saturated carbocycles. The van der Waals surface area contributed by atoms with E-state index < -0.39 is 0 Å². The van der Waals surface area contributed by atoms with Crippen LogP contribution >= 0.6 is 0 Å². The Kier molecular flexibility index (Phi) is 14.7. The van der Waals surface area contributed by atoms with Crippen molar-refractivity contribution >= 4 is 0 Å². The van der Waals surface area contributed by atoms with E-state index in [-0.39, 0.29) is 0 Å². The molecule has 0 unspecified atom stereocenters. The highest BCUT2D eigenvalue weighted by Gasteiger charge is 1.80. The van der Waals surface area contributed by atoms with Crippen molar-refractivity contribution in [1.29, 1.82) is 0 Å². The molecule has 0 spiro atoms. The van der Waals surface area contributed by atoms with Crippen molar-refractivity contribution in [2.75, 3.05) is 14.2 Å². The minimum absolute atomic E-state index is 0.997. The lowest BCUT2D eigenvalue weighted by Gasteiger charge is -1.93. The van der Waals surface area contributed by atoms with E-state index >= 15 is 0 Å². The van der Waals surface area contributed by atoms with Crippen molar-refractivity contribution in [3.8, 4) is 0 Å². The van der Waals surface area contributed by atoms with Crippen LogP contribution in [0.25, 0.3) is 0 Å². The highest BCUT2D eigenvalue weighted by atomic mass is 16.5. The van der Waals surface area contributed by atoms with Gasteiger partial charge in [0.15, 0.2) is 0 Å². The minimum atomic E-state index is 0.997. The standard InChI is InChI=1S/2C4H9O/c1-4(2)5-3;1-3-4-5-2/h1-3H3;4H,3H2,1-2H3. The van der Waals surface area contributed by atoms with Gasteiger partial charge in [-0.3, -0.25) is 0 Å². The Balaban J connectivity index is 0. The molecule has 2 heteroatoms. The average Bonchev–Trinajstić information content (AvgIpc) is 1.91. The maximum atomic E-state index is 4.67. The van der Waals surface area contributed by atoms with E-state index in [0.717, 1.165) is 12.5 Å². The van der Waals surface area contributed by atoms with Crippen molar-refractivity contribution < 1.29 is 9.47 Å². The molecular weight excluding hydrogens is 128 g/mol. The van der Waals surface area contributed by atoms with E-state index in [1.54, 1.807) is 20.8 Å². The van der Waals surface area contributed by atoms with Gasteiger partial charge in [-0.1, -0.05) is 6.92 Å². The smallest absolute Gasteiger partial charge is 0.0905 e. The lowest BCUT2D eigenvalue weighted by Crippen LogP contribution is -1.82. The monoisotopic (exact) mass is 146 g/mol. The van der Waals surface area contributed by atoms with Crippen LogP contribution < -0.4 is 0 Å². The summed E-state index contributed by atoms with van der Waals surface area (Å²) in [7, 11) is 3.32. The van der Waals surface area contributed by atoms with Crippen molar-refractivity contribution in [1.82, 2.24) is 0 Å². The second kappa shape index (κ2) is 11.7. The van der Waals surface area contributed by atoms with Crippen molar-refractivity contribution in [2.24, 2.45) is 0 Å². The van der Waals surface area contributed by atoms with E-state index in [1.807, 2.05) is 20.8 Å². The zero-order valence-corrected chi connectivity index (χ0v) is 7.60. The van der Waals surface area contributed by atoms with Gasteiger partial charge >= 0.3 is 0 Å². The first-order valence-corrected chi connectivity index (χ1v) is 3.37. The largest absolute Gasteiger partial charge is 0.379 e. The third-order valence-corrected chi connectivity index (χ3v) is 0.742. The molecule has 0 N–H and O–H groups in total. The highest BCUT2D eigenvalue weighted by Crippen LogP contribution is 1.90. The molecule has 0 aromatic carbocycles. The fourth-order valence-corrected chi connectivity index (χ4v) is 0.167. The molecule has 0 fully saturated rings. The predicted octanol–water partition coefficient (Wildman–Crippen LogP) is 2.41. The highest BCUT2D eigenvalue weighted by molar-refractivity contribution is 4.56. The van der Waals surface area contributed by atoms with Gasteiger partial charge in [-0.15, -0.1) is 0 Å². The van der Waals surface area contributed by atoms with E-state index in [0.29, 0.717) is 0 Å². The zero-order valence-electron chi connectivity index (χ0n) is 7.60. The quantitative estimate of drug-likeness (QED) is 0.608. The van der Waals surface area contributed by atoms with Gasteiger partial charge < -0.3 is 9.47 Å². The van der Waals surface area contributed by atoms with Crippen LogP contribution in [-0.4, -0.2) is 14.2 Å². The Bertz CT molecular complexity index is 42.5. The Hall–Kier alpha value is -0.0800. The summed E-state index contributed by atoms with van der Waals surface area (Å²) < 4.78 is 9.23. The molecule has 10 heavy (non-hydrogen) atoms. The van der Waals surface area contributed by atoms with E-state index in [2.05, 4.69) is 9.47 Å². The van der Waals surface area contributed by atoms with Gasteiger partial charge in [0.05, 0.1) is 12.7 Å². The molecule has 0 bridgehead atoms. The van der Waals surface area contributed by atoms with Gasteiger partial charge in [-0.2, -0.15) is 0 Å². The molecule has 2 nitrogen and oxygen atoms in total. The predicted molar refractivity (Wildman–Crippen MR) is 43.2 cm³/mol. The summed E-state index contributed by atoms with van der Waals surface area (Å²) in [6.07, 6.45) is 2.00. The second-order valence-electron chi connectivity index (χ2n) is 1.92. The molecule has 0 amide bonds. The molecule has 0 rings (SSSR count). The van der Waals surface area contributed by atoms with Gasteiger partial charge in [0.1, 0.15) is 0 Å². The number of methoxy groups -OCH3 is 2. The van der Waals surface area contributed by atoms with Crippen LogP contribution in [0.2, 0.25) is 0 Å². The Morgan fingerprint density at radius 1 is 1.30 bits per heavy atom. The van der Waals surface area contributed by atoms with Crippen molar-refractivity contribution in [3.63, 3.8) is 0 Å². The van der Waals surface area contributed by atoms with Crippen molar-refractivity contribution in [3.05, 3.63) is 12.7 Å². The summed E-state index contributed by atoms with van der Waals surface area (Å²) in [5, 5.41) is 0. The van der Waals surface area contributed by atoms with Crippen molar-refractivity contribution in [2.45, 2.75) is 27.2 Å². The topological polar surface area (TPSA) is 18.5 Å². The minimum Gasteiger partial charge on any atom is -0.379 e. The van der Waals surface area contributed by atoms with Crippen LogP contribution in [0, 0.1) is 12.7 Å². The Labute approximate surface area is 64.5 Å². The summed E-state index contributed by atoms with van der Waals surface area (Å²) >= 11 is 0. The zero-order chi connectivity index (χ0) is 8.41. The van der Waals surface area contributed by atoms with Gasteiger partial charge in [0.2, 0.25) is 0 Å². The van der Waals surface area contributed by atoms with Crippen LogP contribution in [0.1, 0.15) is 27.2 Å². The lowest BCUT2D eigenvalue weighted by atomic mass is 10.5. The van der Waals surface area contributed by atoms with Crippen LogP contribution in [0.5, 0.6) is 0 Å². The van der Waals surface area contributed by atoms with E-state index in [4.69, 9.17) is 0 Å². The normalized spacial score (nSPS) is 9.00. The number of rotatable bonds is 3. The maximum absolute atomic E-state index is 4.67. The second-order valence-corrected chi connectivity index (χ2v) is 1.92. The van der Waals surface area contributed by atoms with Crippen LogP contribution in [0.4, 0.5) is 0 Å². The molecule has 62 valence electrons. The van der Waals surface area contributed by atoms with Gasteiger partial charge in [-0.25, -0.2) is 0 Å². The van der Waals surface area contributed by atoms with Gasteiger partial charge in [0.25, 0.3) is 0 Å². The number of ether oxygens (including phenoxy) is 2. The fourth-order valence-electron chi connectivity index (χ4n) is 0.167. The molecule has 0 aliphatic rings. The van der Waals surface area contributed by atoms with Gasteiger partial charge in [0, 0.05) is 14.2 Å². The number of hydrogen-bond donors (Lipinski definition) is 0. The van der Waals surface area contributed by atoms with Crippen LogP contribution in [0.15, 0.2) is 0 Å². The molecule has 0 aromatic rings. The van der Waals surface area contributed by atoms with Crippen LogP contribution in [0.3, 0.4) is 0 Å². The molecule has 0 aliphatic heterocycles. The first kappa shape index (κ1) is 12.6. The van der Waals surface area contributed by atoms with E-state index in [1.165, 1.54) is 0 Å². The van der Waals surface area contributed by atoms with Crippen LogP contribution in [-0.2, 0) is 9.47 Å². The fraction of sp³-hybridized carbons (Fsp3) is 0.750. The molecule has 0 aromatic heterocycles. The maximum Gasteiger partial charge on any atom is 0.0905 e. The summed E-state index contributed by atoms with van der Waals surface area (Å²) in [5.74, 6) is 0. The molecule has 0 heterocycles. The summed E-state index contributed by atoms with van der Waals surface area (Å²) in [6, 6.07) is 0. The lowest BCUT2D eigenvalue weighted by molar-refractivity contribution is 0.224. The first-order chi connectivity index (χ1) is 4.68. The third kappa shape index (κ3) is 24.7. The Morgan fingerprint density at radius 3 is 1.70 bits per heavy atom. The molecule has 0 aliphatic carbocycles. The molecule has 0 saturated heterocycles. The van der Waals surface area contributed by atoms with Gasteiger partial charge in [-0.05, 0) is 20.3 Å². The summed E-state index contributed by atoms with van der Waals surface area (Å²) in [5.41, 5.74) is 0. The molecule has 0 atom stereocenters. The summed E-state index contributed by atoms with van der Waals surface area (Å²) in [4.78, 5) is 0. The molecule has 2 radical (unpaired) electrons. The Morgan fingerprint density at radius 2 is 1.70 bits per heavy atom. The number of hydrogen-bond acceptors (Lipinski definition) is 2. The SMILES string of the molecule is CC[CH]OC.CO[C](C)C. The first-order valence-electron chi connectivity index (χ1n) is 3.37.